The number of hydrogen-bond donors (Lipinski definition) is 3. The third kappa shape index (κ3) is 4.14. The summed E-state index contributed by atoms with van der Waals surface area (Å²) in [6.45, 7) is 0.148. The summed E-state index contributed by atoms with van der Waals surface area (Å²) in [5, 5.41) is 15.1. The van der Waals surface area contributed by atoms with Gasteiger partial charge in [-0.05, 0) is 25.0 Å². The van der Waals surface area contributed by atoms with Crippen molar-refractivity contribution < 1.29 is 14.6 Å². The molecule has 0 heterocycles. The summed E-state index contributed by atoms with van der Waals surface area (Å²) >= 11 is 0. The van der Waals surface area contributed by atoms with Crippen molar-refractivity contribution in [2.45, 2.75) is 31.2 Å². The number of anilines is 1. The van der Waals surface area contributed by atoms with Gasteiger partial charge in [-0.25, -0.2) is 4.79 Å². The lowest BCUT2D eigenvalue weighted by Gasteiger charge is -2.28. The van der Waals surface area contributed by atoms with E-state index in [1.807, 2.05) is 0 Å². The first-order valence-electron chi connectivity index (χ1n) is 7.04. The topological polar surface area (TPSA) is 70.6 Å². The number of aliphatic hydroxyl groups excluding tert-OH is 1. The highest BCUT2D eigenvalue weighted by Crippen LogP contribution is 2.29. The molecule has 5 nitrogen and oxygen atoms in total. The SMILES string of the molecule is C#CCOc1cccc(NC(=O)NC2(CO)CCCC2)c1. The van der Waals surface area contributed by atoms with Crippen molar-refractivity contribution in [3.05, 3.63) is 24.3 Å². The van der Waals surface area contributed by atoms with E-state index in [1.165, 1.54) is 0 Å². The van der Waals surface area contributed by atoms with Crippen LogP contribution in [0.3, 0.4) is 0 Å². The Kier molecular flexibility index (Phi) is 5.07. The molecule has 2 amide bonds. The van der Waals surface area contributed by atoms with Crippen molar-refractivity contribution >= 4 is 11.7 Å². The minimum absolute atomic E-state index is 0.0360. The number of ether oxygens (including phenoxy) is 1. The number of rotatable bonds is 5. The molecule has 2 rings (SSSR count). The molecular formula is C16H20N2O3. The summed E-state index contributed by atoms with van der Waals surface area (Å²) in [5.41, 5.74) is 0.134. The summed E-state index contributed by atoms with van der Waals surface area (Å²) in [6.07, 6.45) is 8.80. The van der Waals surface area contributed by atoms with Crippen LogP contribution >= 0.6 is 0 Å². The van der Waals surface area contributed by atoms with E-state index in [2.05, 4.69) is 16.6 Å². The molecule has 0 bridgehead atoms. The van der Waals surface area contributed by atoms with Crippen LogP contribution in [-0.4, -0.2) is 29.9 Å². The summed E-state index contributed by atoms with van der Waals surface area (Å²) in [7, 11) is 0. The fraction of sp³-hybridized carbons (Fsp3) is 0.438. The van der Waals surface area contributed by atoms with Gasteiger partial charge in [-0.1, -0.05) is 24.8 Å². The van der Waals surface area contributed by atoms with Crippen LogP contribution in [0.25, 0.3) is 0 Å². The van der Waals surface area contributed by atoms with Crippen molar-refractivity contribution in [1.29, 1.82) is 0 Å². The Morgan fingerprint density at radius 2 is 2.19 bits per heavy atom. The van der Waals surface area contributed by atoms with E-state index < -0.39 is 5.54 Å². The lowest BCUT2D eigenvalue weighted by molar-refractivity contribution is 0.167. The first-order valence-corrected chi connectivity index (χ1v) is 7.04. The van der Waals surface area contributed by atoms with Crippen LogP contribution < -0.4 is 15.4 Å². The molecule has 0 spiro atoms. The molecule has 0 radical (unpaired) electrons. The van der Waals surface area contributed by atoms with Gasteiger partial charge in [0, 0.05) is 11.8 Å². The number of urea groups is 1. The number of carbonyl (C=O) groups is 1. The monoisotopic (exact) mass is 288 g/mol. The molecule has 1 aliphatic rings. The average molecular weight is 288 g/mol. The van der Waals surface area contributed by atoms with Crippen molar-refractivity contribution in [1.82, 2.24) is 5.32 Å². The summed E-state index contributed by atoms with van der Waals surface area (Å²) in [4.78, 5) is 12.1. The second kappa shape index (κ2) is 7.00. The number of nitrogens with one attached hydrogen (secondary N) is 2. The van der Waals surface area contributed by atoms with E-state index in [9.17, 15) is 9.90 Å². The van der Waals surface area contributed by atoms with Crippen molar-refractivity contribution in [2.24, 2.45) is 0 Å². The second-order valence-electron chi connectivity index (χ2n) is 5.25. The minimum atomic E-state index is -0.484. The lowest BCUT2D eigenvalue weighted by atomic mass is 9.99. The number of benzene rings is 1. The van der Waals surface area contributed by atoms with E-state index in [0.29, 0.717) is 11.4 Å². The number of carbonyl (C=O) groups excluding carboxylic acids is 1. The molecule has 1 aliphatic carbocycles. The van der Waals surface area contributed by atoms with Gasteiger partial charge < -0.3 is 20.5 Å². The first-order chi connectivity index (χ1) is 10.2. The van der Waals surface area contributed by atoms with Crippen LogP contribution in [-0.2, 0) is 0 Å². The molecule has 0 saturated heterocycles. The molecule has 21 heavy (non-hydrogen) atoms. The summed E-state index contributed by atoms with van der Waals surface area (Å²) in [5.74, 6) is 2.99. The van der Waals surface area contributed by atoms with Gasteiger partial charge >= 0.3 is 6.03 Å². The lowest BCUT2D eigenvalue weighted by Crippen LogP contribution is -2.50. The molecule has 1 aromatic rings. The van der Waals surface area contributed by atoms with E-state index in [0.717, 1.165) is 25.7 Å². The van der Waals surface area contributed by atoms with E-state index in [1.54, 1.807) is 24.3 Å². The molecule has 112 valence electrons. The maximum Gasteiger partial charge on any atom is 0.319 e. The molecule has 1 saturated carbocycles. The zero-order valence-electron chi connectivity index (χ0n) is 11.9. The van der Waals surface area contributed by atoms with E-state index in [4.69, 9.17) is 11.2 Å². The van der Waals surface area contributed by atoms with Gasteiger partial charge in [0.25, 0.3) is 0 Å². The average Bonchev–Trinajstić information content (AvgIpc) is 2.94. The van der Waals surface area contributed by atoms with Gasteiger partial charge in [0.2, 0.25) is 0 Å². The number of amides is 2. The molecule has 1 aromatic carbocycles. The molecule has 1 fully saturated rings. The Hall–Kier alpha value is -2.19. The molecule has 0 unspecified atom stereocenters. The van der Waals surface area contributed by atoms with E-state index in [-0.39, 0.29) is 19.2 Å². The normalized spacial score (nSPS) is 16.0. The van der Waals surface area contributed by atoms with Gasteiger partial charge in [0.05, 0.1) is 12.1 Å². The van der Waals surface area contributed by atoms with Gasteiger partial charge in [-0.2, -0.15) is 0 Å². The van der Waals surface area contributed by atoms with Crippen LogP contribution in [0.15, 0.2) is 24.3 Å². The quantitative estimate of drug-likeness (QED) is 0.727. The van der Waals surface area contributed by atoms with Crippen LogP contribution in [0.5, 0.6) is 5.75 Å². The highest BCUT2D eigenvalue weighted by molar-refractivity contribution is 5.90. The van der Waals surface area contributed by atoms with Crippen LogP contribution in [0.1, 0.15) is 25.7 Å². The van der Waals surface area contributed by atoms with Gasteiger partial charge in [-0.15, -0.1) is 6.42 Å². The fourth-order valence-corrected chi connectivity index (χ4v) is 2.57. The Bertz CT molecular complexity index is 531. The van der Waals surface area contributed by atoms with Gasteiger partial charge in [0.15, 0.2) is 0 Å². The molecule has 0 atom stereocenters. The molecule has 5 heteroatoms. The van der Waals surface area contributed by atoms with Gasteiger partial charge in [0.1, 0.15) is 12.4 Å². The summed E-state index contributed by atoms with van der Waals surface area (Å²) in [6, 6.07) is 6.70. The predicted molar refractivity (Wildman–Crippen MR) is 81.2 cm³/mol. The van der Waals surface area contributed by atoms with Crippen molar-refractivity contribution in [3.63, 3.8) is 0 Å². The highest BCUT2D eigenvalue weighted by atomic mass is 16.5. The summed E-state index contributed by atoms with van der Waals surface area (Å²) < 4.78 is 5.30. The molecule has 0 aromatic heterocycles. The standard InChI is InChI=1S/C16H20N2O3/c1-2-10-21-14-7-5-6-13(11-14)17-15(20)18-16(12-19)8-3-4-9-16/h1,5-7,11,19H,3-4,8-10,12H2,(H2,17,18,20). The maximum atomic E-state index is 12.1. The smallest absolute Gasteiger partial charge is 0.319 e. The maximum absolute atomic E-state index is 12.1. The Labute approximate surface area is 124 Å². The molecular weight excluding hydrogens is 268 g/mol. The molecule has 0 aliphatic heterocycles. The number of terminal acetylenes is 1. The molecule has 3 N–H and O–H groups in total. The van der Waals surface area contributed by atoms with Crippen LogP contribution in [0.4, 0.5) is 10.5 Å². The fourth-order valence-electron chi connectivity index (χ4n) is 2.57. The largest absolute Gasteiger partial charge is 0.481 e. The number of hydrogen-bond acceptors (Lipinski definition) is 3. The zero-order chi connectivity index (χ0) is 15.1. The van der Waals surface area contributed by atoms with Gasteiger partial charge in [-0.3, -0.25) is 0 Å². The van der Waals surface area contributed by atoms with Crippen molar-refractivity contribution in [2.75, 3.05) is 18.5 Å². The Balaban J connectivity index is 1.94. The third-order valence-electron chi connectivity index (χ3n) is 3.66. The second-order valence-corrected chi connectivity index (χ2v) is 5.25. The first kappa shape index (κ1) is 15.2. The number of aliphatic hydroxyl groups is 1. The predicted octanol–water partition coefficient (Wildman–Crippen LogP) is 2.13. The van der Waals surface area contributed by atoms with Crippen molar-refractivity contribution in [3.8, 4) is 18.1 Å². The third-order valence-corrected chi connectivity index (χ3v) is 3.66. The highest BCUT2D eigenvalue weighted by Gasteiger charge is 2.34. The zero-order valence-corrected chi connectivity index (χ0v) is 11.9. The minimum Gasteiger partial charge on any atom is -0.481 e. The van der Waals surface area contributed by atoms with Crippen LogP contribution in [0, 0.1) is 12.3 Å². The van der Waals surface area contributed by atoms with Crippen LogP contribution in [0.2, 0.25) is 0 Å². The Morgan fingerprint density at radius 1 is 1.43 bits per heavy atom. The Morgan fingerprint density at radius 3 is 2.86 bits per heavy atom. The van der Waals surface area contributed by atoms with E-state index >= 15 is 0 Å².